The van der Waals surface area contributed by atoms with Crippen LogP contribution >= 0.6 is 23.2 Å². The number of rotatable bonds is 1. The Bertz CT molecular complexity index is 289. The maximum absolute atomic E-state index is 6.03. The lowest BCUT2D eigenvalue weighted by Gasteiger charge is -2.26. The molecule has 1 heterocycles. The van der Waals surface area contributed by atoms with E-state index in [1.54, 1.807) is 0 Å². The van der Waals surface area contributed by atoms with Crippen LogP contribution in [0.25, 0.3) is 0 Å². The molecule has 70 valence electrons. The molecule has 1 aromatic rings. The third-order valence-electron chi connectivity index (χ3n) is 1.91. The molecular weight excluding hydrogens is 209 g/mol. The Labute approximate surface area is 87.0 Å². The number of hydrogen-bond acceptors (Lipinski definition) is 2. The van der Waals surface area contributed by atoms with Gasteiger partial charge in [-0.25, -0.2) is 5.06 Å². The quantitative estimate of drug-likeness (QED) is 0.530. The highest BCUT2D eigenvalue weighted by molar-refractivity contribution is 6.49. The number of anilines is 1. The van der Waals surface area contributed by atoms with Crippen molar-refractivity contribution >= 4 is 28.9 Å². The van der Waals surface area contributed by atoms with E-state index in [1.165, 1.54) is 5.06 Å². The summed E-state index contributed by atoms with van der Waals surface area (Å²) in [5.41, 5.74) is 0.880. The first-order valence-electron chi connectivity index (χ1n) is 4.06. The summed E-state index contributed by atoms with van der Waals surface area (Å²) in [5.74, 6) is 0. The van der Waals surface area contributed by atoms with E-state index >= 15 is 0 Å². The minimum Gasteiger partial charge on any atom is -0.270 e. The lowest BCUT2D eigenvalue weighted by molar-refractivity contribution is 0.162. The molecule has 2 rings (SSSR count). The number of alkyl halides is 2. The van der Waals surface area contributed by atoms with E-state index in [4.69, 9.17) is 28.0 Å². The fraction of sp³-hybridized carbons (Fsp3) is 0.333. The fourth-order valence-corrected chi connectivity index (χ4v) is 1.73. The Morgan fingerprint density at radius 1 is 1.23 bits per heavy atom. The molecule has 0 bridgehead atoms. The first-order chi connectivity index (χ1) is 6.20. The number of nitrogens with zero attached hydrogens (tertiary/aromatic N) is 1. The summed E-state index contributed by atoms with van der Waals surface area (Å²) in [5, 5.41) is 1.54. The second-order valence-electron chi connectivity index (χ2n) is 2.88. The predicted octanol–water partition coefficient (Wildman–Crippen LogP) is 2.96. The molecule has 2 nitrogen and oxygen atoms in total. The van der Waals surface area contributed by atoms with Gasteiger partial charge in [0.25, 0.3) is 0 Å². The van der Waals surface area contributed by atoms with E-state index in [0.29, 0.717) is 13.0 Å². The molecule has 1 aromatic carbocycles. The van der Waals surface area contributed by atoms with Crippen LogP contribution in [-0.2, 0) is 4.84 Å². The standard InChI is InChI=1S/C9H9Cl2NO/c10-9(11)6-7-13-12(9)8-4-2-1-3-5-8/h1-5H,6-7H2. The summed E-state index contributed by atoms with van der Waals surface area (Å²) in [4.78, 5) is 5.32. The molecule has 1 fully saturated rings. The van der Waals surface area contributed by atoms with Crippen molar-refractivity contribution in [3.05, 3.63) is 30.3 Å². The molecular formula is C9H9Cl2NO. The van der Waals surface area contributed by atoms with Crippen LogP contribution in [0.3, 0.4) is 0 Å². The Kier molecular flexibility index (Phi) is 2.37. The summed E-state index contributed by atoms with van der Waals surface area (Å²) in [6.07, 6.45) is 0.616. The molecule has 0 aliphatic carbocycles. The minimum absolute atomic E-state index is 0.557. The zero-order valence-electron chi connectivity index (χ0n) is 6.91. The van der Waals surface area contributed by atoms with Gasteiger partial charge in [0.05, 0.1) is 12.3 Å². The van der Waals surface area contributed by atoms with Gasteiger partial charge in [0, 0.05) is 6.42 Å². The summed E-state index contributed by atoms with van der Waals surface area (Å²) >= 11 is 12.1. The van der Waals surface area contributed by atoms with Crippen molar-refractivity contribution < 1.29 is 4.84 Å². The zero-order valence-corrected chi connectivity index (χ0v) is 8.42. The van der Waals surface area contributed by atoms with Crippen molar-refractivity contribution in [3.8, 4) is 0 Å². The van der Waals surface area contributed by atoms with E-state index in [2.05, 4.69) is 0 Å². The number of para-hydroxylation sites is 1. The van der Waals surface area contributed by atoms with Gasteiger partial charge in [0.15, 0.2) is 0 Å². The van der Waals surface area contributed by atoms with Gasteiger partial charge >= 0.3 is 0 Å². The molecule has 0 saturated carbocycles. The molecule has 0 N–H and O–H groups in total. The van der Waals surface area contributed by atoms with Crippen molar-refractivity contribution in [1.82, 2.24) is 0 Å². The van der Waals surface area contributed by atoms with E-state index < -0.39 is 4.46 Å². The molecule has 1 aliphatic rings. The van der Waals surface area contributed by atoms with Crippen molar-refractivity contribution in [2.75, 3.05) is 11.7 Å². The number of halogens is 2. The van der Waals surface area contributed by atoms with E-state index in [0.717, 1.165) is 5.69 Å². The van der Waals surface area contributed by atoms with Crippen molar-refractivity contribution in [2.45, 2.75) is 10.9 Å². The molecule has 1 aliphatic heterocycles. The summed E-state index contributed by atoms with van der Waals surface area (Å²) < 4.78 is -0.929. The van der Waals surface area contributed by atoms with Crippen LogP contribution in [0.15, 0.2) is 30.3 Å². The molecule has 0 unspecified atom stereocenters. The smallest absolute Gasteiger partial charge is 0.215 e. The monoisotopic (exact) mass is 217 g/mol. The van der Waals surface area contributed by atoms with Crippen LogP contribution in [0.2, 0.25) is 0 Å². The highest BCUT2D eigenvalue weighted by Crippen LogP contribution is 2.38. The molecule has 0 amide bonds. The maximum atomic E-state index is 6.03. The van der Waals surface area contributed by atoms with Gasteiger partial charge in [0.2, 0.25) is 4.46 Å². The van der Waals surface area contributed by atoms with Gasteiger partial charge in [-0.2, -0.15) is 0 Å². The molecule has 13 heavy (non-hydrogen) atoms. The third kappa shape index (κ3) is 1.75. The summed E-state index contributed by atoms with van der Waals surface area (Å²) in [6.45, 7) is 0.557. The van der Waals surface area contributed by atoms with Crippen molar-refractivity contribution in [3.63, 3.8) is 0 Å². The average Bonchev–Trinajstić information content (AvgIpc) is 2.47. The second-order valence-corrected chi connectivity index (χ2v) is 4.32. The van der Waals surface area contributed by atoms with Gasteiger partial charge in [-0.15, -0.1) is 0 Å². The van der Waals surface area contributed by atoms with Gasteiger partial charge in [-0.05, 0) is 12.1 Å². The van der Waals surface area contributed by atoms with Crippen LogP contribution in [0.1, 0.15) is 6.42 Å². The molecule has 1 saturated heterocycles. The third-order valence-corrected chi connectivity index (χ3v) is 2.60. The van der Waals surface area contributed by atoms with Gasteiger partial charge < -0.3 is 0 Å². The van der Waals surface area contributed by atoms with E-state index in [1.807, 2.05) is 30.3 Å². The van der Waals surface area contributed by atoms with Crippen LogP contribution in [0, 0.1) is 0 Å². The number of benzene rings is 1. The largest absolute Gasteiger partial charge is 0.270 e. The number of hydroxylamine groups is 1. The summed E-state index contributed by atoms with van der Waals surface area (Å²) in [7, 11) is 0. The Morgan fingerprint density at radius 3 is 2.46 bits per heavy atom. The first kappa shape index (κ1) is 9.13. The average molecular weight is 218 g/mol. The molecule has 0 atom stereocenters. The van der Waals surface area contributed by atoms with E-state index in [-0.39, 0.29) is 0 Å². The molecule has 0 aromatic heterocycles. The van der Waals surface area contributed by atoms with Gasteiger partial charge in [0.1, 0.15) is 0 Å². The van der Waals surface area contributed by atoms with Crippen LogP contribution in [0.4, 0.5) is 5.69 Å². The fourth-order valence-electron chi connectivity index (χ4n) is 1.28. The minimum atomic E-state index is -0.929. The maximum Gasteiger partial charge on any atom is 0.215 e. The van der Waals surface area contributed by atoms with Gasteiger partial charge in [-0.1, -0.05) is 41.4 Å². The van der Waals surface area contributed by atoms with Crippen LogP contribution in [0.5, 0.6) is 0 Å². The molecule has 0 radical (unpaired) electrons. The predicted molar refractivity (Wildman–Crippen MR) is 53.9 cm³/mol. The molecule has 0 spiro atoms. The lowest BCUT2D eigenvalue weighted by atomic mass is 10.3. The van der Waals surface area contributed by atoms with E-state index in [9.17, 15) is 0 Å². The Morgan fingerprint density at radius 2 is 1.92 bits per heavy atom. The van der Waals surface area contributed by atoms with Crippen molar-refractivity contribution in [2.24, 2.45) is 0 Å². The molecule has 4 heteroatoms. The number of hydrogen-bond donors (Lipinski definition) is 0. The zero-order chi connectivity index (χ0) is 9.31. The Hall–Kier alpha value is -0.440. The van der Waals surface area contributed by atoms with Crippen molar-refractivity contribution in [1.29, 1.82) is 0 Å². The van der Waals surface area contributed by atoms with Crippen LogP contribution < -0.4 is 5.06 Å². The Balaban J connectivity index is 2.27. The first-order valence-corrected chi connectivity index (χ1v) is 4.82. The van der Waals surface area contributed by atoms with Crippen LogP contribution in [-0.4, -0.2) is 11.1 Å². The highest BCUT2D eigenvalue weighted by atomic mass is 35.5. The summed E-state index contributed by atoms with van der Waals surface area (Å²) in [6, 6.07) is 9.58. The topological polar surface area (TPSA) is 12.5 Å². The van der Waals surface area contributed by atoms with Gasteiger partial charge in [-0.3, -0.25) is 4.84 Å². The highest BCUT2D eigenvalue weighted by Gasteiger charge is 2.38. The SMILES string of the molecule is ClC1(Cl)CCON1c1ccccc1. The normalized spacial score (nSPS) is 20.6. The lowest BCUT2D eigenvalue weighted by Crippen LogP contribution is -2.32. The second kappa shape index (κ2) is 3.37.